The number of nitro groups is 1. The van der Waals surface area contributed by atoms with Crippen LogP contribution in [0.15, 0.2) is 48.7 Å². The topological polar surface area (TPSA) is 61.0 Å². The normalized spacial score (nSPS) is 10.8. The number of aromatic nitrogens is 2. The Morgan fingerprint density at radius 2 is 1.72 bits per heavy atom. The molecule has 1 heterocycles. The highest BCUT2D eigenvalue weighted by Gasteiger charge is 2.12. The second kappa shape index (κ2) is 7.25. The van der Waals surface area contributed by atoms with Gasteiger partial charge in [-0.3, -0.25) is 10.1 Å². The van der Waals surface area contributed by atoms with E-state index in [4.69, 9.17) is 23.2 Å². The third kappa shape index (κ3) is 3.67. The number of aryl methyl sites for hydroxylation is 1. The lowest BCUT2D eigenvalue weighted by atomic mass is 10.1. The molecule has 0 radical (unpaired) electrons. The molecule has 128 valence electrons. The second-order valence-corrected chi connectivity index (χ2v) is 6.44. The van der Waals surface area contributed by atoms with Gasteiger partial charge < -0.3 is 4.57 Å². The van der Waals surface area contributed by atoms with Crippen LogP contribution in [0.4, 0.5) is 5.69 Å². The molecule has 0 unspecified atom stereocenters. The minimum absolute atomic E-state index is 0.0690. The van der Waals surface area contributed by atoms with Gasteiger partial charge in [0.15, 0.2) is 0 Å². The van der Waals surface area contributed by atoms with Crippen molar-refractivity contribution in [2.45, 2.75) is 12.8 Å². The smallest absolute Gasteiger partial charge is 0.269 e. The van der Waals surface area contributed by atoms with Crippen LogP contribution in [0.1, 0.15) is 11.4 Å². The Balaban J connectivity index is 1.80. The lowest BCUT2D eigenvalue weighted by molar-refractivity contribution is -0.384. The summed E-state index contributed by atoms with van der Waals surface area (Å²) in [6, 6.07) is 11.9. The van der Waals surface area contributed by atoms with E-state index in [1.165, 1.54) is 12.1 Å². The molecule has 0 spiro atoms. The van der Waals surface area contributed by atoms with Crippen molar-refractivity contribution in [1.82, 2.24) is 9.55 Å². The number of halogens is 2. The fraction of sp³-hybridized carbons (Fsp3) is 0.167. The van der Waals surface area contributed by atoms with Gasteiger partial charge in [-0.1, -0.05) is 29.3 Å². The van der Waals surface area contributed by atoms with Crippen LogP contribution in [0.3, 0.4) is 0 Å². The SMILES string of the molecule is Cn1c(-c2ccc([N+](=O)[O-])cc2)cnc1CCc1c(Cl)cccc1Cl. The van der Waals surface area contributed by atoms with Crippen molar-refractivity contribution >= 4 is 28.9 Å². The van der Waals surface area contributed by atoms with Crippen LogP contribution < -0.4 is 0 Å². The molecule has 0 saturated heterocycles. The van der Waals surface area contributed by atoms with Crippen LogP contribution in [0.5, 0.6) is 0 Å². The van der Waals surface area contributed by atoms with Crippen molar-refractivity contribution < 1.29 is 4.92 Å². The van der Waals surface area contributed by atoms with Crippen molar-refractivity contribution in [3.8, 4) is 11.3 Å². The molecule has 25 heavy (non-hydrogen) atoms. The molecule has 5 nitrogen and oxygen atoms in total. The third-order valence-electron chi connectivity index (χ3n) is 4.12. The Hall–Kier alpha value is -2.37. The molecule has 0 fully saturated rings. The number of rotatable bonds is 5. The summed E-state index contributed by atoms with van der Waals surface area (Å²) in [5.41, 5.74) is 2.75. The zero-order chi connectivity index (χ0) is 18.0. The lowest BCUT2D eigenvalue weighted by Crippen LogP contribution is -2.02. The summed E-state index contributed by atoms with van der Waals surface area (Å²) >= 11 is 12.4. The highest BCUT2D eigenvalue weighted by Crippen LogP contribution is 2.27. The fourth-order valence-corrected chi connectivity index (χ4v) is 3.30. The minimum Gasteiger partial charge on any atom is -0.331 e. The Morgan fingerprint density at radius 1 is 1.08 bits per heavy atom. The first-order chi connectivity index (χ1) is 12.0. The van der Waals surface area contributed by atoms with Gasteiger partial charge in [0, 0.05) is 41.2 Å². The van der Waals surface area contributed by atoms with Gasteiger partial charge in [0.25, 0.3) is 5.69 Å². The van der Waals surface area contributed by atoms with Crippen LogP contribution in [-0.2, 0) is 19.9 Å². The van der Waals surface area contributed by atoms with E-state index in [9.17, 15) is 10.1 Å². The Kier molecular flexibility index (Phi) is 5.06. The van der Waals surface area contributed by atoms with Gasteiger partial charge in [-0.15, -0.1) is 0 Å². The average Bonchev–Trinajstić information content (AvgIpc) is 2.95. The summed E-state index contributed by atoms with van der Waals surface area (Å²) in [7, 11) is 1.92. The molecule has 3 aromatic rings. The first-order valence-corrected chi connectivity index (χ1v) is 8.41. The van der Waals surface area contributed by atoms with Crippen molar-refractivity contribution in [3.05, 3.63) is 80.2 Å². The van der Waals surface area contributed by atoms with E-state index in [1.807, 2.05) is 29.8 Å². The number of nitrogens with zero attached hydrogens (tertiary/aromatic N) is 3. The molecule has 3 rings (SSSR count). The molecule has 0 N–H and O–H groups in total. The van der Waals surface area contributed by atoms with Crippen LogP contribution >= 0.6 is 23.2 Å². The van der Waals surface area contributed by atoms with Crippen LogP contribution in [0.2, 0.25) is 10.0 Å². The van der Waals surface area contributed by atoms with Gasteiger partial charge in [-0.25, -0.2) is 4.98 Å². The molecular weight excluding hydrogens is 361 g/mol. The molecule has 1 aromatic heterocycles. The summed E-state index contributed by atoms with van der Waals surface area (Å²) in [6.07, 6.45) is 3.14. The predicted octanol–water partition coefficient (Wildman–Crippen LogP) is 5.09. The number of nitro benzene ring substituents is 1. The Labute approximate surface area is 155 Å². The van der Waals surface area contributed by atoms with Gasteiger partial charge in [0.2, 0.25) is 0 Å². The van der Waals surface area contributed by atoms with Crippen LogP contribution in [-0.4, -0.2) is 14.5 Å². The maximum absolute atomic E-state index is 10.8. The largest absolute Gasteiger partial charge is 0.331 e. The van der Waals surface area contributed by atoms with Gasteiger partial charge >= 0.3 is 0 Å². The summed E-state index contributed by atoms with van der Waals surface area (Å²) in [6.45, 7) is 0. The monoisotopic (exact) mass is 375 g/mol. The van der Waals surface area contributed by atoms with E-state index in [0.717, 1.165) is 22.6 Å². The molecule has 0 aliphatic heterocycles. The quantitative estimate of drug-likeness (QED) is 0.460. The van der Waals surface area contributed by atoms with E-state index in [2.05, 4.69) is 4.98 Å². The summed E-state index contributed by atoms with van der Waals surface area (Å²) < 4.78 is 1.98. The molecule has 0 amide bonds. The van der Waals surface area contributed by atoms with E-state index in [1.54, 1.807) is 18.3 Å². The summed E-state index contributed by atoms with van der Waals surface area (Å²) in [5.74, 6) is 0.893. The van der Waals surface area contributed by atoms with Crippen molar-refractivity contribution in [2.24, 2.45) is 7.05 Å². The highest BCUT2D eigenvalue weighted by molar-refractivity contribution is 6.35. The third-order valence-corrected chi connectivity index (χ3v) is 4.83. The molecule has 0 aliphatic carbocycles. The van der Waals surface area contributed by atoms with E-state index >= 15 is 0 Å². The fourth-order valence-electron chi connectivity index (χ4n) is 2.71. The van der Waals surface area contributed by atoms with Gasteiger partial charge in [-0.2, -0.15) is 0 Å². The first-order valence-electron chi connectivity index (χ1n) is 7.65. The molecule has 0 atom stereocenters. The summed E-state index contributed by atoms with van der Waals surface area (Å²) in [5, 5.41) is 12.1. The zero-order valence-electron chi connectivity index (χ0n) is 13.4. The predicted molar refractivity (Wildman–Crippen MR) is 99.2 cm³/mol. The number of hydrogen-bond donors (Lipinski definition) is 0. The molecular formula is C18H15Cl2N3O2. The van der Waals surface area contributed by atoms with Crippen molar-refractivity contribution in [1.29, 1.82) is 0 Å². The average molecular weight is 376 g/mol. The number of benzene rings is 2. The summed E-state index contributed by atoms with van der Waals surface area (Å²) in [4.78, 5) is 14.8. The highest BCUT2D eigenvalue weighted by atomic mass is 35.5. The Bertz CT molecular complexity index is 900. The van der Waals surface area contributed by atoms with Gasteiger partial charge in [-0.05, 0) is 36.2 Å². The maximum atomic E-state index is 10.8. The zero-order valence-corrected chi connectivity index (χ0v) is 15.0. The second-order valence-electron chi connectivity index (χ2n) is 5.62. The van der Waals surface area contributed by atoms with Crippen LogP contribution in [0.25, 0.3) is 11.3 Å². The first kappa shape index (κ1) is 17.5. The molecule has 2 aromatic carbocycles. The van der Waals surface area contributed by atoms with Gasteiger partial charge in [0.1, 0.15) is 5.82 Å². The van der Waals surface area contributed by atoms with Gasteiger partial charge in [0.05, 0.1) is 16.8 Å². The Morgan fingerprint density at radius 3 is 2.32 bits per heavy atom. The number of hydrogen-bond acceptors (Lipinski definition) is 3. The molecule has 7 heteroatoms. The minimum atomic E-state index is -0.411. The maximum Gasteiger partial charge on any atom is 0.269 e. The number of non-ortho nitro benzene ring substituents is 1. The van der Waals surface area contributed by atoms with E-state index in [0.29, 0.717) is 22.9 Å². The lowest BCUT2D eigenvalue weighted by Gasteiger charge is -2.08. The number of imidazole rings is 1. The van der Waals surface area contributed by atoms with E-state index in [-0.39, 0.29) is 5.69 Å². The molecule has 0 aliphatic rings. The standard InChI is InChI=1S/C18H15Cl2N3O2/c1-22-17(12-5-7-13(8-6-12)23(24)25)11-21-18(22)10-9-14-15(19)3-2-4-16(14)20/h2-8,11H,9-10H2,1H3. The van der Waals surface area contributed by atoms with E-state index < -0.39 is 4.92 Å². The molecule has 0 bridgehead atoms. The van der Waals surface area contributed by atoms with Crippen molar-refractivity contribution in [2.75, 3.05) is 0 Å². The van der Waals surface area contributed by atoms with Crippen molar-refractivity contribution in [3.63, 3.8) is 0 Å². The van der Waals surface area contributed by atoms with Crippen LogP contribution in [0, 0.1) is 10.1 Å². The molecule has 0 saturated carbocycles.